The van der Waals surface area contributed by atoms with Gasteiger partial charge < -0.3 is 9.29 Å². The molecule has 3 aliphatic carbocycles. The summed E-state index contributed by atoms with van der Waals surface area (Å²) in [6, 6.07) is 12.2. The Labute approximate surface area is 250 Å². The molecule has 5 nitrogen and oxygen atoms in total. The van der Waals surface area contributed by atoms with Crippen LogP contribution in [0, 0.1) is 0 Å². The fourth-order valence-electron chi connectivity index (χ4n) is 7.99. The molecule has 0 bridgehead atoms. The van der Waals surface area contributed by atoms with Crippen molar-refractivity contribution in [1.29, 1.82) is 0 Å². The fourth-order valence-corrected chi connectivity index (χ4v) is 8.79. The van der Waals surface area contributed by atoms with Gasteiger partial charge in [0.05, 0.1) is 10.5 Å². The molecule has 6 heteroatoms. The molecule has 224 valence electrons. The van der Waals surface area contributed by atoms with E-state index in [9.17, 15) is 17.8 Å². The van der Waals surface area contributed by atoms with Crippen LogP contribution in [-0.2, 0) is 23.0 Å². The zero-order chi connectivity index (χ0) is 29.4. The lowest BCUT2D eigenvalue weighted by molar-refractivity contribution is 0.0726. The summed E-state index contributed by atoms with van der Waals surface area (Å²) in [4.78, 5) is 14.6. The van der Waals surface area contributed by atoms with Gasteiger partial charge in [-0.05, 0) is 120 Å². The predicted molar refractivity (Wildman–Crippen MR) is 166 cm³/mol. The van der Waals surface area contributed by atoms with Crippen molar-refractivity contribution in [3.8, 4) is 5.75 Å². The molecule has 2 saturated carbocycles. The zero-order valence-corrected chi connectivity index (χ0v) is 25.9. The van der Waals surface area contributed by atoms with Gasteiger partial charge in [-0.3, -0.25) is 0 Å². The molecule has 0 aromatic heterocycles. The third kappa shape index (κ3) is 5.65. The van der Waals surface area contributed by atoms with Crippen LogP contribution < -0.4 is 4.74 Å². The predicted octanol–water partition coefficient (Wildman–Crippen LogP) is 9.06. The van der Waals surface area contributed by atoms with Crippen LogP contribution >= 0.6 is 0 Å². The second kappa shape index (κ2) is 12.1. The van der Waals surface area contributed by atoms with Crippen LogP contribution in [0.2, 0.25) is 0 Å². The molecule has 0 N–H and O–H groups in total. The fraction of sp³-hybridized carbons (Fsp3) is 0.528. The Kier molecular flexibility index (Phi) is 8.48. The molecular formula is C36H43O5S-. The van der Waals surface area contributed by atoms with Gasteiger partial charge in [0.2, 0.25) is 0 Å². The molecule has 3 aromatic rings. The minimum Gasteiger partial charge on any atom is -0.744 e. The first kappa shape index (κ1) is 29.4. The molecular weight excluding hydrogens is 544 g/mol. The van der Waals surface area contributed by atoms with Gasteiger partial charge in [0, 0.05) is 0 Å². The smallest absolute Gasteiger partial charge is 0.344 e. The molecule has 3 aromatic carbocycles. The summed E-state index contributed by atoms with van der Waals surface area (Å²) in [7, 11) is -4.65. The number of ether oxygens (including phenoxy) is 1. The molecule has 0 amide bonds. The summed E-state index contributed by atoms with van der Waals surface area (Å²) >= 11 is 0. The molecule has 0 atom stereocenters. The van der Waals surface area contributed by atoms with Gasteiger partial charge in [-0.15, -0.1) is 0 Å². The van der Waals surface area contributed by atoms with E-state index in [0.29, 0.717) is 41.6 Å². The number of fused-ring (bicyclic) bond motifs is 2. The number of benzene rings is 3. The number of rotatable bonds is 6. The maximum atomic E-state index is 14.7. The standard InChI is InChI=1S/C36H44O5S/c1-23(2)30-22-32(42(38,39)40)28-19-11-12-20-29(28)35(30)41-36(37)34-31(24-13-5-3-6-14-24)21-26-17-9-10-18-27(26)33(34)25-15-7-4-8-16-25/h9-10,17-18,21-25H,3-8,11-16,19-20H2,1-2H3,(H,38,39,40)/p-1. The van der Waals surface area contributed by atoms with E-state index in [-0.39, 0.29) is 16.8 Å². The lowest BCUT2D eigenvalue weighted by Crippen LogP contribution is -2.22. The van der Waals surface area contributed by atoms with Crippen molar-refractivity contribution in [2.24, 2.45) is 0 Å². The van der Waals surface area contributed by atoms with Crippen LogP contribution in [0.15, 0.2) is 41.3 Å². The summed E-state index contributed by atoms with van der Waals surface area (Å²) in [6.45, 7) is 3.92. The first-order valence-corrected chi connectivity index (χ1v) is 17.6. The Hall–Kier alpha value is -2.70. The van der Waals surface area contributed by atoms with E-state index in [0.717, 1.165) is 79.0 Å². The second-order valence-corrected chi connectivity index (χ2v) is 14.4. The number of carbonyl (C=O) groups is 1. The van der Waals surface area contributed by atoms with Gasteiger partial charge in [-0.25, -0.2) is 13.2 Å². The van der Waals surface area contributed by atoms with E-state index in [1.165, 1.54) is 37.1 Å². The maximum absolute atomic E-state index is 14.7. The van der Waals surface area contributed by atoms with Crippen LogP contribution in [0.5, 0.6) is 5.75 Å². The highest BCUT2D eigenvalue weighted by molar-refractivity contribution is 7.85. The molecule has 0 heterocycles. The van der Waals surface area contributed by atoms with Gasteiger partial charge in [0.1, 0.15) is 15.9 Å². The van der Waals surface area contributed by atoms with Gasteiger partial charge >= 0.3 is 5.97 Å². The van der Waals surface area contributed by atoms with E-state index in [2.05, 4.69) is 30.3 Å². The molecule has 3 aliphatic rings. The highest BCUT2D eigenvalue weighted by Gasteiger charge is 2.33. The maximum Gasteiger partial charge on any atom is 0.344 e. The average Bonchev–Trinajstić information content (AvgIpc) is 3.00. The van der Waals surface area contributed by atoms with Gasteiger partial charge in [-0.2, -0.15) is 0 Å². The van der Waals surface area contributed by atoms with Crippen molar-refractivity contribution < 1.29 is 22.5 Å². The van der Waals surface area contributed by atoms with E-state index < -0.39 is 10.1 Å². The van der Waals surface area contributed by atoms with Crippen molar-refractivity contribution >= 4 is 26.9 Å². The van der Waals surface area contributed by atoms with Gasteiger partial charge in [0.15, 0.2) is 0 Å². The molecule has 42 heavy (non-hydrogen) atoms. The van der Waals surface area contributed by atoms with Crippen LogP contribution in [0.3, 0.4) is 0 Å². The monoisotopic (exact) mass is 587 g/mol. The molecule has 0 unspecified atom stereocenters. The Morgan fingerprint density at radius 1 is 0.833 bits per heavy atom. The minimum absolute atomic E-state index is 0.118. The Morgan fingerprint density at radius 2 is 1.45 bits per heavy atom. The number of carbonyl (C=O) groups excluding carboxylic acids is 1. The van der Waals surface area contributed by atoms with Crippen molar-refractivity contribution in [3.63, 3.8) is 0 Å². The highest BCUT2D eigenvalue weighted by atomic mass is 32.2. The summed E-state index contributed by atoms with van der Waals surface area (Å²) < 4.78 is 43.5. The number of hydrogen-bond acceptors (Lipinski definition) is 5. The van der Waals surface area contributed by atoms with Crippen LogP contribution in [0.4, 0.5) is 0 Å². The first-order valence-electron chi connectivity index (χ1n) is 16.2. The summed E-state index contributed by atoms with van der Waals surface area (Å²) in [5.41, 5.74) is 4.91. The summed E-state index contributed by atoms with van der Waals surface area (Å²) in [5, 5.41) is 2.34. The Bertz CT molecular complexity index is 1590. The minimum atomic E-state index is -4.65. The summed E-state index contributed by atoms with van der Waals surface area (Å²) in [5.74, 6) is 0.664. The summed E-state index contributed by atoms with van der Waals surface area (Å²) in [6.07, 6.45) is 14.2. The zero-order valence-electron chi connectivity index (χ0n) is 25.0. The molecule has 6 rings (SSSR count). The van der Waals surface area contributed by atoms with Crippen molar-refractivity contribution in [2.75, 3.05) is 0 Å². The molecule has 0 saturated heterocycles. The van der Waals surface area contributed by atoms with Crippen LogP contribution in [-0.4, -0.2) is 18.9 Å². The SMILES string of the molecule is CC(C)c1cc(S(=O)(=O)[O-])c2c(c1OC(=O)c1c(C3CCCCC3)cc3ccccc3c1C1CCCCC1)CCCC2. The largest absolute Gasteiger partial charge is 0.744 e. The molecule has 0 spiro atoms. The van der Waals surface area contributed by atoms with Crippen LogP contribution in [0.1, 0.15) is 147 Å². The van der Waals surface area contributed by atoms with E-state index in [1.807, 2.05) is 13.8 Å². The van der Waals surface area contributed by atoms with E-state index >= 15 is 0 Å². The Balaban J connectivity index is 1.56. The van der Waals surface area contributed by atoms with E-state index in [4.69, 9.17) is 4.74 Å². The normalized spacial score (nSPS) is 18.8. The second-order valence-electron chi connectivity index (χ2n) is 13.1. The topological polar surface area (TPSA) is 83.5 Å². The van der Waals surface area contributed by atoms with Crippen molar-refractivity contribution in [3.05, 3.63) is 69.8 Å². The Morgan fingerprint density at radius 3 is 2.10 bits per heavy atom. The van der Waals surface area contributed by atoms with Gasteiger partial charge in [-0.1, -0.05) is 76.6 Å². The number of esters is 1. The number of hydrogen-bond donors (Lipinski definition) is 0. The quantitative estimate of drug-likeness (QED) is 0.163. The third-order valence-electron chi connectivity index (χ3n) is 10.1. The van der Waals surface area contributed by atoms with Crippen LogP contribution in [0.25, 0.3) is 10.8 Å². The first-order chi connectivity index (χ1) is 20.2. The average molecular weight is 588 g/mol. The lowest BCUT2D eigenvalue weighted by Gasteiger charge is -2.31. The lowest BCUT2D eigenvalue weighted by atomic mass is 9.74. The molecule has 0 radical (unpaired) electrons. The highest BCUT2D eigenvalue weighted by Crippen LogP contribution is 2.46. The molecule has 0 aliphatic heterocycles. The van der Waals surface area contributed by atoms with Crippen molar-refractivity contribution in [1.82, 2.24) is 0 Å². The van der Waals surface area contributed by atoms with Crippen molar-refractivity contribution in [2.45, 2.75) is 126 Å². The third-order valence-corrected chi connectivity index (χ3v) is 11.0. The van der Waals surface area contributed by atoms with Gasteiger partial charge in [0.25, 0.3) is 0 Å². The molecule has 2 fully saturated rings. The van der Waals surface area contributed by atoms with E-state index in [1.54, 1.807) is 0 Å².